The summed E-state index contributed by atoms with van der Waals surface area (Å²) >= 11 is 0. The van der Waals surface area contributed by atoms with E-state index in [2.05, 4.69) is 41.4 Å². The third kappa shape index (κ3) is 17.1. The Labute approximate surface area is 171 Å². The summed E-state index contributed by atoms with van der Waals surface area (Å²) in [5.74, 6) is 0.952. The third-order valence-electron chi connectivity index (χ3n) is 3.78. The highest BCUT2D eigenvalue weighted by Crippen LogP contribution is 2.19. The van der Waals surface area contributed by atoms with Gasteiger partial charge in [0.1, 0.15) is 9.84 Å². The molecule has 0 radical (unpaired) electrons. The summed E-state index contributed by atoms with van der Waals surface area (Å²) in [4.78, 5) is 6.46. The van der Waals surface area contributed by atoms with Gasteiger partial charge in [-0.05, 0) is 25.3 Å². The topological polar surface area (TPSA) is 83.0 Å². The molecule has 0 spiro atoms. The van der Waals surface area contributed by atoms with E-state index >= 15 is 0 Å². The molecule has 152 valence electrons. The fourth-order valence-electron chi connectivity index (χ4n) is 2.05. The molecule has 0 amide bonds. The summed E-state index contributed by atoms with van der Waals surface area (Å²) < 4.78 is 27.7. The van der Waals surface area contributed by atoms with Crippen LogP contribution in [0.4, 0.5) is 0 Å². The Kier molecular flexibility index (Phi) is 15.2. The van der Waals surface area contributed by atoms with Crippen molar-refractivity contribution in [1.29, 1.82) is 0 Å². The van der Waals surface area contributed by atoms with Crippen molar-refractivity contribution in [3.8, 4) is 0 Å². The molecule has 0 aromatic heterocycles. The van der Waals surface area contributed by atoms with Crippen LogP contribution < -0.4 is 10.6 Å². The van der Waals surface area contributed by atoms with Gasteiger partial charge in [-0.15, -0.1) is 24.0 Å². The Hall–Kier alpha value is -0.130. The quantitative estimate of drug-likeness (QED) is 0.184. The van der Waals surface area contributed by atoms with E-state index in [1.807, 2.05) is 0 Å². The Morgan fingerprint density at radius 3 is 2.40 bits per heavy atom. The number of rotatable bonds is 12. The zero-order valence-electron chi connectivity index (χ0n) is 16.6. The van der Waals surface area contributed by atoms with Gasteiger partial charge >= 0.3 is 0 Å². The second-order valence-electron chi connectivity index (χ2n) is 7.05. The first-order valence-electron chi connectivity index (χ1n) is 8.39. The van der Waals surface area contributed by atoms with Crippen LogP contribution in [-0.4, -0.2) is 85.3 Å². The van der Waals surface area contributed by atoms with Gasteiger partial charge in [0.15, 0.2) is 5.96 Å². The van der Waals surface area contributed by atoms with Crippen molar-refractivity contribution < 1.29 is 13.2 Å². The lowest BCUT2D eigenvalue weighted by Crippen LogP contribution is -2.44. The van der Waals surface area contributed by atoms with Crippen molar-refractivity contribution in [3.05, 3.63) is 0 Å². The van der Waals surface area contributed by atoms with Crippen LogP contribution in [0.15, 0.2) is 4.99 Å². The fraction of sp³-hybridized carbons (Fsp3) is 0.938. The zero-order valence-corrected chi connectivity index (χ0v) is 19.7. The van der Waals surface area contributed by atoms with Gasteiger partial charge in [0, 0.05) is 53.2 Å². The molecule has 25 heavy (non-hydrogen) atoms. The van der Waals surface area contributed by atoms with E-state index in [0.717, 1.165) is 38.6 Å². The van der Waals surface area contributed by atoms with Crippen LogP contribution in [0, 0.1) is 5.41 Å². The summed E-state index contributed by atoms with van der Waals surface area (Å²) in [5.41, 5.74) is -0.113. The predicted molar refractivity (Wildman–Crippen MR) is 117 cm³/mol. The lowest BCUT2D eigenvalue weighted by molar-refractivity contribution is 0.180. The van der Waals surface area contributed by atoms with Gasteiger partial charge in [-0.3, -0.25) is 4.99 Å². The molecule has 7 nitrogen and oxygen atoms in total. The maximum Gasteiger partial charge on any atom is 0.191 e. The third-order valence-corrected chi connectivity index (χ3v) is 4.73. The molecule has 0 saturated carbocycles. The number of hydrogen-bond donors (Lipinski definition) is 2. The van der Waals surface area contributed by atoms with E-state index in [0.29, 0.717) is 13.0 Å². The maximum absolute atomic E-state index is 11.3. The van der Waals surface area contributed by atoms with Gasteiger partial charge in [0.25, 0.3) is 0 Å². The summed E-state index contributed by atoms with van der Waals surface area (Å²) in [6.45, 7) is 8.29. The monoisotopic (exact) mass is 492 g/mol. The van der Waals surface area contributed by atoms with Gasteiger partial charge < -0.3 is 20.3 Å². The number of aliphatic imine (C=N–C) groups is 1. The molecular formula is C16H37IN4O3S. The summed E-state index contributed by atoms with van der Waals surface area (Å²) in [6.07, 6.45) is 2.92. The van der Waals surface area contributed by atoms with E-state index in [4.69, 9.17) is 4.74 Å². The van der Waals surface area contributed by atoms with Gasteiger partial charge in [-0.2, -0.15) is 0 Å². The molecule has 0 bridgehead atoms. The lowest BCUT2D eigenvalue weighted by atomic mass is 9.90. The molecule has 0 saturated heterocycles. The Bertz CT molecular complexity index is 470. The van der Waals surface area contributed by atoms with Gasteiger partial charge in [0.05, 0.1) is 5.75 Å². The summed E-state index contributed by atoms with van der Waals surface area (Å²) in [7, 11) is 2.62. The van der Waals surface area contributed by atoms with Crippen LogP contribution in [0.3, 0.4) is 0 Å². The Morgan fingerprint density at radius 2 is 1.88 bits per heavy atom. The van der Waals surface area contributed by atoms with Crippen LogP contribution >= 0.6 is 24.0 Å². The van der Waals surface area contributed by atoms with E-state index in [-0.39, 0.29) is 35.1 Å². The number of methoxy groups -OCH3 is 1. The molecule has 0 atom stereocenters. The molecule has 2 N–H and O–H groups in total. The minimum atomic E-state index is -2.92. The number of ether oxygens (including phenoxy) is 1. The van der Waals surface area contributed by atoms with E-state index in [9.17, 15) is 8.42 Å². The molecule has 0 aliphatic rings. The predicted octanol–water partition coefficient (Wildman–Crippen LogP) is 1.20. The van der Waals surface area contributed by atoms with E-state index in [1.54, 1.807) is 14.2 Å². The number of halogens is 1. The maximum atomic E-state index is 11.3. The highest BCUT2D eigenvalue weighted by molar-refractivity contribution is 14.0. The minimum absolute atomic E-state index is 0. The summed E-state index contributed by atoms with van der Waals surface area (Å²) in [6, 6.07) is 0. The SMILES string of the molecule is CN=C(NCCN(C)CCCOC)NCC(C)(C)CCS(C)(=O)=O.I. The molecular weight excluding hydrogens is 455 g/mol. The van der Waals surface area contributed by atoms with Crippen molar-refractivity contribution in [2.24, 2.45) is 10.4 Å². The zero-order chi connectivity index (χ0) is 18.6. The number of likely N-dealkylation sites (N-methyl/N-ethyl adjacent to an activating group) is 1. The smallest absolute Gasteiger partial charge is 0.191 e. The van der Waals surface area contributed by atoms with Crippen molar-refractivity contribution in [2.45, 2.75) is 26.7 Å². The second-order valence-corrected chi connectivity index (χ2v) is 9.31. The number of sulfone groups is 1. The molecule has 0 fully saturated rings. The molecule has 0 aromatic carbocycles. The average Bonchev–Trinajstić information content (AvgIpc) is 2.48. The molecule has 0 aliphatic heterocycles. The minimum Gasteiger partial charge on any atom is -0.385 e. The van der Waals surface area contributed by atoms with Crippen molar-refractivity contribution in [3.63, 3.8) is 0 Å². The number of nitrogens with zero attached hydrogens (tertiary/aromatic N) is 2. The largest absolute Gasteiger partial charge is 0.385 e. The second kappa shape index (κ2) is 14.0. The van der Waals surface area contributed by atoms with Crippen LogP contribution in [-0.2, 0) is 14.6 Å². The standard InChI is InChI=1S/C16H36N4O3S.HI/c1-16(2,8-13-24(6,21)22)14-19-15(17-3)18-9-11-20(4)10-7-12-23-5;/h7-14H2,1-6H3,(H2,17,18,19);1H. The van der Waals surface area contributed by atoms with Gasteiger partial charge in [-0.1, -0.05) is 13.8 Å². The van der Waals surface area contributed by atoms with Gasteiger partial charge in [0.2, 0.25) is 0 Å². The fourth-order valence-corrected chi connectivity index (χ4v) is 2.97. The first-order valence-corrected chi connectivity index (χ1v) is 10.5. The average molecular weight is 492 g/mol. The van der Waals surface area contributed by atoms with Gasteiger partial charge in [-0.25, -0.2) is 8.42 Å². The van der Waals surface area contributed by atoms with Crippen LogP contribution in [0.25, 0.3) is 0 Å². The number of guanidine groups is 1. The Balaban J connectivity index is 0. The molecule has 0 rings (SSSR count). The first kappa shape index (κ1) is 27.1. The molecule has 0 heterocycles. The lowest BCUT2D eigenvalue weighted by Gasteiger charge is -2.26. The highest BCUT2D eigenvalue weighted by Gasteiger charge is 2.20. The number of nitrogens with one attached hydrogen (secondary N) is 2. The van der Waals surface area contributed by atoms with Crippen molar-refractivity contribution >= 4 is 39.8 Å². The molecule has 0 unspecified atom stereocenters. The highest BCUT2D eigenvalue weighted by atomic mass is 127. The van der Waals surface area contributed by atoms with E-state index in [1.165, 1.54) is 6.26 Å². The van der Waals surface area contributed by atoms with E-state index < -0.39 is 9.84 Å². The normalized spacial score (nSPS) is 12.8. The van der Waals surface area contributed by atoms with Crippen LogP contribution in [0.5, 0.6) is 0 Å². The van der Waals surface area contributed by atoms with Crippen LogP contribution in [0.1, 0.15) is 26.7 Å². The molecule has 9 heteroatoms. The molecule has 0 aromatic rings. The van der Waals surface area contributed by atoms with Crippen molar-refractivity contribution in [2.75, 3.05) is 66.0 Å². The molecule has 0 aliphatic carbocycles. The number of hydrogen-bond acceptors (Lipinski definition) is 5. The summed E-state index contributed by atoms with van der Waals surface area (Å²) in [5, 5.41) is 6.56. The van der Waals surface area contributed by atoms with Crippen LogP contribution in [0.2, 0.25) is 0 Å². The van der Waals surface area contributed by atoms with Crippen molar-refractivity contribution in [1.82, 2.24) is 15.5 Å². The first-order chi connectivity index (χ1) is 11.1. The Morgan fingerprint density at radius 1 is 1.24 bits per heavy atom.